The Morgan fingerprint density at radius 1 is 1.41 bits per heavy atom. The third-order valence-electron chi connectivity index (χ3n) is 4.29. The van der Waals surface area contributed by atoms with Gasteiger partial charge in [0.25, 0.3) is 0 Å². The van der Waals surface area contributed by atoms with Crippen molar-refractivity contribution in [1.82, 2.24) is 9.88 Å². The number of aliphatic hydroxyl groups excluding tert-OH is 1. The second kappa shape index (κ2) is 6.41. The quantitative estimate of drug-likeness (QED) is 0.935. The molecule has 1 fully saturated rings. The second-order valence-electron chi connectivity index (χ2n) is 6.38. The SMILES string of the molecule is CC1(CO)CCCN(Cc2ncc(-c3ccccc3Cl)o2)C1. The monoisotopic (exact) mass is 320 g/mol. The maximum atomic E-state index is 9.54. The second-order valence-corrected chi connectivity index (χ2v) is 6.79. The number of benzene rings is 1. The Morgan fingerprint density at radius 2 is 2.23 bits per heavy atom. The van der Waals surface area contributed by atoms with Crippen LogP contribution in [-0.2, 0) is 6.54 Å². The molecule has 1 aliphatic rings. The fraction of sp³-hybridized carbons (Fsp3) is 0.471. The maximum absolute atomic E-state index is 9.54. The van der Waals surface area contributed by atoms with Crippen LogP contribution in [0.5, 0.6) is 0 Å². The highest BCUT2D eigenvalue weighted by molar-refractivity contribution is 6.33. The van der Waals surface area contributed by atoms with E-state index >= 15 is 0 Å². The predicted molar refractivity (Wildman–Crippen MR) is 86.7 cm³/mol. The summed E-state index contributed by atoms with van der Waals surface area (Å²) >= 11 is 6.19. The summed E-state index contributed by atoms with van der Waals surface area (Å²) in [4.78, 5) is 6.67. The van der Waals surface area contributed by atoms with Gasteiger partial charge in [-0.05, 0) is 31.5 Å². The van der Waals surface area contributed by atoms with Crippen molar-refractivity contribution >= 4 is 11.6 Å². The van der Waals surface area contributed by atoms with Crippen molar-refractivity contribution in [3.05, 3.63) is 41.4 Å². The summed E-state index contributed by atoms with van der Waals surface area (Å²) in [6.45, 7) is 4.90. The van der Waals surface area contributed by atoms with Crippen LogP contribution >= 0.6 is 11.6 Å². The van der Waals surface area contributed by atoms with Crippen molar-refractivity contribution in [3.63, 3.8) is 0 Å². The Bertz CT molecular complexity index is 643. The minimum atomic E-state index is -0.0174. The van der Waals surface area contributed by atoms with Crippen LogP contribution in [0.1, 0.15) is 25.7 Å². The molecule has 22 heavy (non-hydrogen) atoms. The van der Waals surface area contributed by atoms with Gasteiger partial charge in [0, 0.05) is 24.1 Å². The highest BCUT2D eigenvalue weighted by Crippen LogP contribution is 2.31. The lowest BCUT2D eigenvalue weighted by Gasteiger charge is -2.38. The molecular formula is C17H21ClN2O2. The third-order valence-corrected chi connectivity index (χ3v) is 4.62. The van der Waals surface area contributed by atoms with E-state index in [1.165, 1.54) is 0 Å². The van der Waals surface area contributed by atoms with E-state index in [9.17, 15) is 5.11 Å². The highest BCUT2D eigenvalue weighted by atomic mass is 35.5. The molecule has 1 atom stereocenters. The predicted octanol–water partition coefficient (Wildman–Crippen LogP) is 3.59. The lowest BCUT2D eigenvalue weighted by atomic mass is 9.83. The molecule has 4 nitrogen and oxygen atoms in total. The topological polar surface area (TPSA) is 49.5 Å². The number of nitrogens with zero attached hydrogens (tertiary/aromatic N) is 2. The average molecular weight is 321 g/mol. The van der Waals surface area contributed by atoms with E-state index in [4.69, 9.17) is 16.0 Å². The zero-order chi connectivity index (χ0) is 15.6. The van der Waals surface area contributed by atoms with Gasteiger partial charge >= 0.3 is 0 Å². The molecule has 0 aliphatic carbocycles. The molecule has 0 radical (unpaired) electrons. The van der Waals surface area contributed by atoms with Crippen LogP contribution in [0.3, 0.4) is 0 Å². The van der Waals surface area contributed by atoms with E-state index in [0.717, 1.165) is 31.5 Å². The van der Waals surface area contributed by atoms with E-state index in [2.05, 4.69) is 16.8 Å². The Balaban J connectivity index is 1.71. The molecule has 3 rings (SSSR count). The molecule has 2 aromatic rings. The number of hydrogen-bond donors (Lipinski definition) is 1. The van der Waals surface area contributed by atoms with Gasteiger partial charge in [-0.15, -0.1) is 0 Å². The zero-order valence-corrected chi connectivity index (χ0v) is 13.5. The van der Waals surface area contributed by atoms with Crippen LogP contribution in [0.25, 0.3) is 11.3 Å². The molecule has 1 aliphatic heterocycles. The highest BCUT2D eigenvalue weighted by Gasteiger charge is 2.30. The van der Waals surface area contributed by atoms with E-state index in [1.807, 2.05) is 24.3 Å². The van der Waals surface area contributed by atoms with E-state index in [0.29, 0.717) is 23.2 Å². The lowest BCUT2D eigenvalue weighted by molar-refractivity contribution is 0.0392. The van der Waals surface area contributed by atoms with Gasteiger partial charge in [-0.2, -0.15) is 0 Å². The van der Waals surface area contributed by atoms with Gasteiger partial charge in [0.1, 0.15) is 0 Å². The summed E-state index contributed by atoms with van der Waals surface area (Å²) in [5.41, 5.74) is 0.845. The summed E-state index contributed by atoms with van der Waals surface area (Å²) in [6.07, 6.45) is 3.89. The molecule has 0 spiro atoms. The lowest BCUT2D eigenvalue weighted by Crippen LogP contribution is -2.43. The van der Waals surface area contributed by atoms with Crippen molar-refractivity contribution in [2.24, 2.45) is 5.41 Å². The molecule has 1 aromatic carbocycles. The molecule has 118 valence electrons. The van der Waals surface area contributed by atoms with Gasteiger partial charge in [0.05, 0.1) is 17.8 Å². The van der Waals surface area contributed by atoms with E-state index < -0.39 is 0 Å². The number of hydrogen-bond acceptors (Lipinski definition) is 4. The van der Waals surface area contributed by atoms with E-state index in [-0.39, 0.29) is 12.0 Å². The molecule has 1 unspecified atom stereocenters. The number of rotatable bonds is 4. The first kappa shape index (κ1) is 15.5. The zero-order valence-electron chi connectivity index (χ0n) is 12.8. The largest absolute Gasteiger partial charge is 0.439 e. The molecular weight excluding hydrogens is 300 g/mol. The van der Waals surface area contributed by atoms with Gasteiger partial charge < -0.3 is 9.52 Å². The first-order valence-corrected chi connectivity index (χ1v) is 8.00. The fourth-order valence-corrected chi connectivity index (χ4v) is 3.28. The summed E-state index contributed by atoms with van der Waals surface area (Å²) in [5, 5.41) is 10.2. The normalized spacial score (nSPS) is 22.9. The Hall–Kier alpha value is -1.36. The standard InChI is InChI=1S/C17H21ClN2O2/c1-17(12-21)7-4-8-20(11-17)10-16-19-9-15(22-16)13-5-2-3-6-14(13)18/h2-3,5-6,9,21H,4,7-8,10-12H2,1H3. The summed E-state index contributed by atoms with van der Waals surface area (Å²) in [5.74, 6) is 1.39. The van der Waals surface area contributed by atoms with Crippen LogP contribution in [-0.4, -0.2) is 34.7 Å². The van der Waals surface area contributed by atoms with Crippen molar-refractivity contribution < 1.29 is 9.52 Å². The van der Waals surface area contributed by atoms with Crippen LogP contribution in [0.2, 0.25) is 5.02 Å². The van der Waals surface area contributed by atoms with Crippen molar-refractivity contribution in [2.45, 2.75) is 26.3 Å². The van der Waals surface area contributed by atoms with Crippen molar-refractivity contribution in [3.8, 4) is 11.3 Å². The number of likely N-dealkylation sites (tertiary alicyclic amines) is 1. The molecule has 0 amide bonds. The maximum Gasteiger partial charge on any atom is 0.209 e. The number of piperidine rings is 1. The van der Waals surface area contributed by atoms with Gasteiger partial charge in [-0.3, -0.25) is 4.90 Å². The molecule has 1 N–H and O–H groups in total. The van der Waals surface area contributed by atoms with Gasteiger partial charge in [0.2, 0.25) is 5.89 Å². The van der Waals surface area contributed by atoms with Gasteiger partial charge in [0.15, 0.2) is 5.76 Å². The first-order valence-electron chi connectivity index (χ1n) is 7.62. The van der Waals surface area contributed by atoms with Crippen molar-refractivity contribution in [1.29, 1.82) is 0 Å². The number of oxazole rings is 1. The fourth-order valence-electron chi connectivity index (χ4n) is 3.05. The van der Waals surface area contributed by atoms with E-state index in [1.54, 1.807) is 6.20 Å². The van der Waals surface area contributed by atoms with Crippen LogP contribution in [0.15, 0.2) is 34.9 Å². The molecule has 1 aromatic heterocycles. The molecule has 5 heteroatoms. The van der Waals surface area contributed by atoms with Gasteiger partial charge in [-0.25, -0.2) is 4.98 Å². The minimum absolute atomic E-state index is 0.0174. The van der Waals surface area contributed by atoms with Crippen LogP contribution in [0, 0.1) is 5.41 Å². The Labute approximate surface area is 135 Å². The summed E-state index contributed by atoms with van der Waals surface area (Å²) in [7, 11) is 0. The Kier molecular flexibility index (Phi) is 4.52. The van der Waals surface area contributed by atoms with Gasteiger partial charge in [-0.1, -0.05) is 30.7 Å². The summed E-state index contributed by atoms with van der Waals surface area (Å²) < 4.78 is 5.86. The van der Waals surface area contributed by atoms with Crippen molar-refractivity contribution in [2.75, 3.05) is 19.7 Å². The summed E-state index contributed by atoms with van der Waals surface area (Å²) in [6, 6.07) is 7.60. The first-order chi connectivity index (χ1) is 10.6. The molecule has 1 saturated heterocycles. The smallest absolute Gasteiger partial charge is 0.209 e. The number of aromatic nitrogens is 1. The number of aliphatic hydroxyl groups is 1. The number of halogens is 1. The molecule has 0 bridgehead atoms. The Morgan fingerprint density at radius 3 is 3.00 bits per heavy atom. The third kappa shape index (κ3) is 3.35. The molecule has 2 heterocycles. The van der Waals surface area contributed by atoms with Crippen LogP contribution < -0.4 is 0 Å². The average Bonchev–Trinajstić information content (AvgIpc) is 2.96. The minimum Gasteiger partial charge on any atom is -0.439 e. The molecule has 0 saturated carbocycles. The van der Waals surface area contributed by atoms with Crippen LogP contribution in [0.4, 0.5) is 0 Å².